The monoisotopic (exact) mass is 345 g/mol. The molecule has 0 bridgehead atoms. The maximum absolute atomic E-state index is 12.8. The minimum absolute atomic E-state index is 0.180. The smallest absolute Gasteiger partial charge is 0.243 e. The lowest BCUT2D eigenvalue weighted by molar-refractivity contribution is 0.174. The van der Waals surface area contributed by atoms with Crippen LogP contribution in [-0.4, -0.2) is 32.6 Å². The van der Waals surface area contributed by atoms with Crippen LogP contribution in [0.2, 0.25) is 0 Å². The quantitative estimate of drug-likeness (QED) is 0.858. The molecule has 0 aliphatic carbocycles. The van der Waals surface area contributed by atoms with E-state index in [4.69, 9.17) is 9.47 Å². The van der Waals surface area contributed by atoms with Gasteiger partial charge in [0.1, 0.15) is 0 Å². The van der Waals surface area contributed by atoms with E-state index in [9.17, 15) is 8.42 Å². The van der Waals surface area contributed by atoms with Crippen molar-refractivity contribution in [2.45, 2.75) is 24.2 Å². The van der Waals surface area contributed by atoms with Gasteiger partial charge in [-0.1, -0.05) is 23.8 Å². The van der Waals surface area contributed by atoms with E-state index in [0.717, 1.165) is 29.0 Å². The van der Waals surface area contributed by atoms with Crippen molar-refractivity contribution < 1.29 is 17.9 Å². The van der Waals surface area contributed by atoms with Crippen LogP contribution in [0.4, 0.5) is 0 Å². The fourth-order valence-electron chi connectivity index (χ4n) is 3.24. The first-order valence-corrected chi connectivity index (χ1v) is 9.44. The van der Waals surface area contributed by atoms with Gasteiger partial charge in [-0.3, -0.25) is 0 Å². The average molecular weight is 345 g/mol. The second-order valence-electron chi connectivity index (χ2n) is 6.27. The number of nitrogens with zero attached hydrogens (tertiary/aromatic N) is 1. The first kappa shape index (κ1) is 15.5. The van der Waals surface area contributed by atoms with Crippen molar-refractivity contribution in [3.63, 3.8) is 0 Å². The van der Waals surface area contributed by atoms with E-state index >= 15 is 0 Å². The van der Waals surface area contributed by atoms with Crippen LogP contribution in [-0.2, 0) is 10.0 Å². The minimum atomic E-state index is -3.43. The summed E-state index contributed by atoms with van der Waals surface area (Å²) in [5, 5.41) is 0. The number of benzene rings is 2. The molecule has 1 saturated heterocycles. The normalized spacial score (nSPS) is 20.5. The molecule has 5 nitrogen and oxygen atoms in total. The first-order chi connectivity index (χ1) is 11.5. The van der Waals surface area contributed by atoms with Gasteiger partial charge in [0.25, 0.3) is 0 Å². The zero-order valence-electron chi connectivity index (χ0n) is 13.4. The number of hydrogen-bond acceptors (Lipinski definition) is 4. The Morgan fingerprint density at radius 3 is 2.58 bits per heavy atom. The van der Waals surface area contributed by atoms with Crippen molar-refractivity contribution in [3.05, 3.63) is 53.6 Å². The SMILES string of the molecule is Cc1ccc(S(=O)(=O)N2CCC(c3ccc4c(c3)OCO4)C2)cc1. The Morgan fingerprint density at radius 2 is 1.79 bits per heavy atom. The Bertz CT molecular complexity index is 861. The Hall–Kier alpha value is -2.05. The Labute approximate surface area is 141 Å². The highest BCUT2D eigenvalue weighted by Gasteiger charge is 2.33. The van der Waals surface area contributed by atoms with Crippen molar-refractivity contribution in [1.82, 2.24) is 4.31 Å². The zero-order valence-corrected chi connectivity index (χ0v) is 14.3. The van der Waals surface area contributed by atoms with Gasteiger partial charge in [-0.15, -0.1) is 0 Å². The van der Waals surface area contributed by atoms with Crippen molar-refractivity contribution >= 4 is 10.0 Å². The molecule has 2 aliphatic heterocycles. The molecule has 2 heterocycles. The van der Waals surface area contributed by atoms with Crippen molar-refractivity contribution in [2.24, 2.45) is 0 Å². The highest BCUT2D eigenvalue weighted by molar-refractivity contribution is 7.89. The van der Waals surface area contributed by atoms with Crippen molar-refractivity contribution in [2.75, 3.05) is 19.9 Å². The summed E-state index contributed by atoms with van der Waals surface area (Å²) in [7, 11) is -3.43. The van der Waals surface area contributed by atoms with E-state index < -0.39 is 10.0 Å². The van der Waals surface area contributed by atoms with E-state index in [-0.39, 0.29) is 12.7 Å². The van der Waals surface area contributed by atoms with E-state index in [1.165, 1.54) is 0 Å². The average Bonchev–Trinajstić information content (AvgIpc) is 3.24. The fourth-order valence-corrected chi connectivity index (χ4v) is 4.75. The summed E-state index contributed by atoms with van der Waals surface area (Å²) in [4.78, 5) is 0.361. The van der Waals surface area contributed by atoms with Crippen LogP contribution in [0.3, 0.4) is 0 Å². The third-order valence-corrected chi connectivity index (χ3v) is 6.56. The number of aryl methyl sites for hydroxylation is 1. The van der Waals surface area contributed by atoms with Crippen LogP contribution < -0.4 is 9.47 Å². The molecule has 126 valence electrons. The van der Waals surface area contributed by atoms with Crippen LogP contribution in [0, 0.1) is 6.92 Å². The summed E-state index contributed by atoms with van der Waals surface area (Å²) in [5.41, 5.74) is 2.15. The topological polar surface area (TPSA) is 55.8 Å². The van der Waals surface area contributed by atoms with Gasteiger partial charge in [-0.2, -0.15) is 4.31 Å². The molecule has 0 spiro atoms. The summed E-state index contributed by atoms with van der Waals surface area (Å²) in [6.07, 6.45) is 0.810. The molecule has 2 aromatic carbocycles. The fraction of sp³-hybridized carbons (Fsp3) is 0.333. The molecule has 1 fully saturated rings. The third kappa shape index (κ3) is 2.65. The molecular formula is C18H19NO4S. The molecule has 0 amide bonds. The Balaban J connectivity index is 1.55. The van der Waals surface area contributed by atoms with E-state index in [2.05, 4.69) is 0 Å². The lowest BCUT2D eigenvalue weighted by atomic mass is 9.98. The van der Waals surface area contributed by atoms with E-state index in [0.29, 0.717) is 18.0 Å². The number of rotatable bonds is 3. The summed E-state index contributed by atoms with van der Waals surface area (Å²) in [6, 6.07) is 12.9. The molecule has 0 aromatic heterocycles. The standard InChI is InChI=1S/C18H19NO4S/c1-13-2-5-16(6-3-13)24(20,21)19-9-8-15(11-19)14-4-7-17-18(10-14)23-12-22-17/h2-7,10,15H,8-9,11-12H2,1H3. The number of fused-ring (bicyclic) bond motifs is 1. The molecule has 1 unspecified atom stereocenters. The second-order valence-corrected chi connectivity index (χ2v) is 8.21. The van der Waals surface area contributed by atoms with Gasteiger partial charge in [0.2, 0.25) is 16.8 Å². The van der Waals surface area contributed by atoms with E-state index in [1.54, 1.807) is 16.4 Å². The lowest BCUT2D eigenvalue weighted by Gasteiger charge is -2.17. The molecule has 0 saturated carbocycles. The lowest BCUT2D eigenvalue weighted by Crippen LogP contribution is -2.28. The van der Waals surface area contributed by atoms with Gasteiger partial charge in [0.15, 0.2) is 11.5 Å². The first-order valence-electron chi connectivity index (χ1n) is 8.00. The maximum Gasteiger partial charge on any atom is 0.243 e. The minimum Gasteiger partial charge on any atom is -0.454 e. The summed E-state index contributed by atoms with van der Waals surface area (Å²) in [5.74, 6) is 1.67. The molecule has 1 atom stereocenters. The Kier molecular flexibility index (Phi) is 3.73. The van der Waals surface area contributed by atoms with Gasteiger partial charge in [0, 0.05) is 13.1 Å². The molecule has 24 heavy (non-hydrogen) atoms. The van der Waals surface area contributed by atoms with Gasteiger partial charge < -0.3 is 9.47 Å². The highest BCUT2D eigenvalue weighted by atomic mass is 32.2. The van der Waals surface area contributed by atoms with Crippen LogP contribution in [0.5, 0.6) is 11.5 Å². The summed E-state index contributed by atoms with van der Waals surface area (Å²) < 4.78 is 37.9. The number of hydrogen-bond donors (Lipinski definition) is 0. The molecule has 4 rings (SSSR count). The van der Waals surface area contributed by atoms with Gasteiger partial charge in [0.05, 0.1) is 4.90 Å². The molecular weight excluding hydrogens is 326 g/mol. The van der Waals surface area contributed by atoms with Gasteiger partial charge in [-0.25, -0.2) is 8.42 Å². The predicted octanol–water partition coefficient (Wildman–Crippen LogP) is 2.90. The van der Waals surface area contributed by atoms with Crippen molar-refractivity contribution in [1.29, 1.82) is 0 Å². The Morgan fingerprint density at radius 1 is 1.04 bits per heavy atom. The summed E-state index contributed by atoms with van der Waals surface area (Å²) in [6.45, 7) is 3.23. The van der Waals surface area contributed by atoms with Crippen LogP contribution >= 0.6 is 0 Å². The molecule has 2 aromatic rings. The molecule has 2 aliphatic rings. The van der Waals surface area contributed by atoms with E-state index in [1.807, 2.05) is 37.3 Å². The van der Waals surface area contributed by atoms with Crippen LogP contribution in [0.25, 0.3) is 0 Å². The molecule has 0 radical (unpaired) electrons. The van der Waals surface area contributed by atoms with Gasteiger partial charge >= 0.3 is 0 Å². The molecule has 0 N–H and O–H groups in total. The largest absolute Gasteiger partial charge is 0.454 e. The van der Waals surface area contributed by atoms with Crippen LogP contribution in [0.1, 0.15) is 23.5 Å². The van der Waals surface area contributed by atoms with Crippen molar-refractivity contribution in [3.8, 4) is 11.5 Å². The summed E-state index contributed by atoms with van der Waals surface area (Å²) >= 11 is 0. The second kappa shape index (κ2) is 5.79. The van der Waals surface area contributed by atoms with Gasteiger partial charge in [-0.05, 0) is 49.1 Å². The third-order valence-electron chi connectivity index (χ3n) is 4.68. The highest BCUT2D eigenvalue weighted by Crippen LogP contribution is 2.38. The number of sulfonamides is 1. The maximum atomic E-state index is 12.8. The number of ether oxygens (including phenoxy) is 2. The van der Waals surface area contributed by atoms with Crippen LogP contribution in [0.15, 0.2) is 47.4 Å². The molecule has 6 heteroatoms. The predicted molar refractivity (Wildman–Crippen MR) is 89.9 cm³/mol. The zero-order chi connectivity index (χ0) is 16.7.